The maximum Gasteiger partial charge on any atom is 0.129 e. The number of likely N-dealkylation sites (N-methyl/N-ethyl adjacent to an activating group) is 1. The molecular formula is C19H22N2O. The standard InChI is InChI=1S/C19H22N2O/c1-20-10-11-22-21-19-15-8-4-2-6-13(15)17-12-18(17)14-7-3-5-9-16(14)19/h2-9,13,15,17-18,20H,10-12H2,1H3. The Morgan fingerprint density at radius 3 is 3.00 bits per heavy atom. The molecule has 3 nitrogen and oxygen atoms in total. The Hall–Kier alpha value is -1.87. The molecular weight excluding hydrogens is 272 g/mol. The van der Waals surface area contributed by atoms with Crippen molar-refractivity contribution >= 4 is 5.71 Å². The molecule has 0 spiro atoms. The summed E-state index contributed by atoms with van der Waals surface area (Å²) in [5, 5.41) is 7.64. The third kappa shape index (κ3) is 2.30. The van der Waals surface area contributed by atoms with Gasteiger partial charge in [0.05, 0.1) is 5.71 Å². The number of nitrogens with one attached hydrogen (secondary N) is 1. The molecule has 0 bridgehead atoms. The van der Waals surface area contributed by atoms with Gasteiger partial charge in [0, 0.05) is 18.0 Å². The van der Waals surface area contributed by atoms with Crippen molar-refractivity contribution in [3.63, 3.8) is 0 Å². The summed E-state index contributed by atoms with van der Waals surface area (Å²) in [5.74, 6) is 2.37. The molecule has 1 saturated carbocycles. The smallest absolute Gasteiger partial charge is 0.129 e. The number of fused-ring (bicyclic) bond motifs is 5. The first kappa shape index (κ1) is 13.8. The van der Waals surface area contributed by atoms with Crippen LogP contribution in [0.15, 0.2) is 53.7 Å². The summed E-state index contributed by atoms with van der Waals surface area (Å²) in [5.41, 5.74) is 3.84. The van der Waals surface area contributed by atoms with E-state index in [2.05, 4.69) is 59.0 Å². The highest BCUT2D eigenvalue weighted by atomic mass is 16.6. The molecule has 0 aromatic heterocycles. The van der Waals surface area contributed by atoms with Gasteiger partial charge < -0.3 is 10.2 Å². The summed E-state index contributed by atoms with van der Waals surface area (Å²) in [7, 11) is 1.93. The Balaban J connectivity index is 1.73. The normalized spacial score (nSPS) is 32.9. The highest BCUT2D eigenvalue weighted by Crippen LogP contribution is 2.58. The van der Waals surface area contributed by atoms with Gasteiger partial charge in [0.2, 0.25) is 0 Å². The summed E-state index contributed by atoms with van der Waals surface area (Å²) in [6, 6.07) is 8.74. The van der Waals surface area contributed by atoms with Crippen LogP contribution in [0.4, 0.5) is 0 Å². The number of nitrogens with zero attached hydrogens (tertiary/aromatic N) is 1. The summed E-state index contributed by atoms with van der Waals surface area (Å²) >= 11 is 0. The second-order valence-electron chi connectivity index (χ2n) is 6.38. The number of hydrogen-bond donors (Lipinski definition) is 1. The molecule has 0 saturated heterocycles. The Bertz CT molecular complexity index is 647. The van der Waals surface area contributed by atoms with E-state index in [1.807, 2.05) is 7.05 Å². The van der Waals surface area contributed by atoms with Crippen LogP contribution in [-0.4, -0.2) is 25.9 Å². The van der Waals surface area contributed by atoms with Gasteiger partial charge >= 0.3 is 0 Å². The first-order valence-electron chi connectivity index (χ1n) is 8.19. The van der Waals surface area contributed by atoms with Crippen LogP contribution in [0.3, 0.4) is 0 Å². The van der Waals surface area contributed by atoms with E-state index in [0.29, 0.717) is 24.4 Å². The van der Waals surface area contributed by atoms with E-state index in [4.69, 9.17) is 4.84 Å². The lowest BCUT2D eigenvalue weighted by molar-refractivity contribution is 0.146. The fraction of sp³-hybridized carbons (Fsp3) is 0.421. The highest BCUT2D eigenvalue weighted by Gasteiger charge is 2.50. The quantitative estimate of drug-likeness (QED) is 0.684. The summed E-state index contributed by atoms with van der Waals surface area (Å²) < 4.78 is 0. The van der Waals surface area contributed by atoms with Crippen LogP contribution in [0.1, 0.15) is 23.5 Å². The fourth-order valence-electron chi connectivity index (χ4n) is 3.91. The highest BCUT2D eigenvalue weighted by molar-refractivity contribution is 6.05. The molecule has 1 fully saturated rings. The van der Waals surface area contributed by atoms with Gasteiger partial charge in [0.1, 0.15) is 6.61 Å². The molecule has 114 valence electrons. The van der Waals surface area contributed by atoms with Crippen LogP contribution in [0.5, 0.6) is 0 Å². The molecule has 3 heteroatoms. The second kappa shape index (κ2) is 5.73. The zero-order chi connectivity index (χ0) is 14.9. The largest absolute Gasteiger partial charge is 0.394 e. The number of allylic oxidation sites excluding steroid dienone is 4. The molecule has 22 heavy (non-hydrogen) atoms. The monoisotopic (exact) mass is 294 g/mol. The lowest BCUT2D eigenvalue weighted by Gasteiger charge is -2.24. The number of benzene rings is 1. The molecule has 0 aliphatic heterocycles. The van der Waals surface area contributed by atoms with Crippen LogP contribution in [0.2, 0.25) is 0 Å². The molecule has 4 unspecified atom stereocenters. The van der Waals surface area contributed by atoms with Gasteiger partial charge in [-0.25, -0.2) is 0 Å². The zero-order valence-electron chi connectivity index (χ0n) is 12.9. The topological polar surface area (TPSA) is 33.6 Å². The number of oxime groups is 1. The Morgan fingerprint density at radius 2 is 2.09 bits per heavy atom. The Morgan fingerprint density at radius 1 is 1.23 bits per heavy atom. The van der Waals surface area contributed by atoms with Gasteiger partial charge in [0.15, 0.2) is 0 Å². The van der Waals surface area contributed by atoms with Crippen molar-refractivity contribution in [2.24, 2.45) is 22.9 Å². The maximum absolute atomic E-state index is 5.59. The van der Waals surface area contributed by atoms with Gasteiger partial charge in [-0.2, -0.15) is 0 Å². The van der Waals surface area contributed by atoms with Crippen molar-refractivity contribution in [2.45, 2.75) is 12.3 Å². The predicted molar refractivity (Wildman–Crippen MR) is 89.0 cm³/mol. The van der Waals surface area contributed by atoms with Crippen molar-refractivity contribution in [2.75, 3.05) is 20.2 Å². The molecule has 0 amide bonds. The van der Waals surface area contributed by atoms with E-state index in [-0.39, 0.29) is 0 Å². The van der Waals surface area contributed by atoms with Crippen LogP contribution in [0.25, 0.3) is 0 Å². The molecule has 4 atom stereocenters. The van der Waals surface area contributed by atoms with Crippen LogP contribution in [-0.2, 0) is 4.84 Å². The molecule has 3 aliphatic carbocycles. The van der Waals surface area contributed by atoms with E-state index < -0.39 is 0 Å². The van der Waals surface area contributed by atoms with E-state index in [0.717, 1.165) is 18.2 Å². The number of hydrogen-bond acceptors (Lipinski definition) is 3. The fourth-order valence-corrected chi connectivity index (χ4v) is 3.91. The van der Waals surface area contributed by atoms with Crippen LogP contribution in [0, 0.1) is 17.8 Å². The van der Waals surface area contributed by atoms with Gasteiger partial charge in [-0.1, -0.05) is 53.7 Å². The number of rotatable bonds is 4. The Labute approximate surface area is 131 Å². The van der Waals surface area contributed by atoms with Crippen LogP contribution < -0.4 is 5.32 Å². The average Bonchev–Trinajstić information content (AvgIpc) is 3.36. The van der Waals surface area contributed by atoms with E-state index in [1.54, 1.807) is 0 Å². The first-order valence-corrected chi connectivity index (χ1v) is 8.19. The lowest BCUT2D eigenvalue weighted by Crippen LogP contribution is -2.24. The predicted octanol–water partition coefficient (Wildman–Crippen LogP) is 3.10. The molecule has 0 heterocycles. The van der Waals surface area contributed by atoms with Crippen molar-refractivity contribution in [3.05, 3.63) is 59.7 Å². The SMILES string of the molecule is CNCCON=C1c2ccccc2C2CC2C2C=CC=CC12. The molecule has 1 N–H and O–H groups in total. The summed E-state index contributed by atoms with van der Waals surface area (Å²) in [6.07, 6.45) is 10.3. The third-order valence-corrected chi connectivity index (χ3v) is 5.07. The third-order valence-electron chi connectivity index (χ3n) is 5.07. The summed E-state index contributed by atoms with van der Waals surface area (Å²) in [6.45, 7) is 1.42. The zero-order valence-corrected chi connectivity index (χ0v) is 12.9. The van der Waals surface area contributed by atoms with Gasteiger partial charge in [-0.15, -0.1) is 0 Å². The van der Waals surface area contributed by atoms with Gasteiger partial charge in [-0.3, -0.25) is 0 Å². The van der Waals surface area contributed by atoms with Gasteiger partial charge in [0.25, 0.3) is 0 Å². The minimum absolute atomic E-state index is 0.346. The molecule has 1 aromatic rings. The summed E-state index contributed by atoms with van der Waals surface area (Å²) in [4.78, 5) is 5.59. The Kier molecular flexibility index (Phi) is 3.59. The minimum Gasteiger partial charge on any atom is -0.394 e. The van der Waals surface area contributed by atoms with E-state index in [1.165, 1.54) is 17.5 Å². The van der Waals surface area contributed by atoms with Gasteiger partial charge in [-0.05, 0) is 36.8 Å². The second-order valence-corrected chi connectivity index (χ2v) is 6.38. The van der Waals surface area contributed by atoms with E-state index in [9.17, 15) is 0 Å². The average molecular weight is 294 g/mol. The molecule has 3 aliphatic rings. The lowest BCUT2D eigenvalue weighted by atomic mass is 9.81. The van der Waals surface area contributed by atoms with E-state index >= 15 is 0 Å². The molecule has 0 radical (unpaired) electrons. The van der Waals surface area contributed by atoms with Crippen molar-refractivity contribution in [1.82, 2.24) is 5.32 Å². The molecule has 4 rings (SSSR count). The van der Waals surface area contributed by atoms with Crippen molar-refractivity contribution < 1.29 is 4.84 Å². The maximum atomic E-state index is 5.59. The minimum atomic E-state index is 0.346. The van der Waals surface area contributed by atoms with Crippen molar-refractivity contribution in [1.29, 1.82) is 0 Å². The van der Waals surface area contributed by atoms with Crippen molar-refractivity contribution in [3.8, 4) is 0 Å². The molecule has 1 aromatic carbocycles. The van der Waals surface area contributed by atoms with Crippen LogP contribution >= 0.6 is 0 Å². The first-order chi connectivity index (χ1) is 10.9.